The van der Waals surface area contributed by atoms with Crippen LogP contribution in [0.4, 0.5) is 10.5 Å². The second-order valence-corrected chi connectivity index (χ2v) is 7.89. The van der Waals surface area contributed by atoms with Crippen LogP contribution in [0.15, 0.2) is 39.7 Å². The van der Waals surface area contributed by atoms with E-state index in [-0.39, 0.29) is 11.4 Å². The number of amides is 3. The van der Waals surface area contributed by atoms with Crippen molar-refractivity contribution in [2.24, 2.45) is 0 Å². The number of rotatable bonds is 4. The van der Waals surface area contributed by atoms with Gasteiger partial charge in [-0.3, -0.25) is 19.3 Å². The summed E-state index contributed by atoms with van der Waals surface area (Å²) in [7, 11) is 0. The van der Waals surface area contributed by atoms with Gasteiger partial charge < -0.3 is 9.73 Å². The second-order valence-electron chi connectivity index (χ2n) is 5.42. The number of nitrogens with one attached hydrogen (secondary N) is 1. The van der Waals surface area contributed by atoms with Crippen LogP contribution < -0.4 is 5.32 Å². The molecule has 1 saturated heterocycles. The fourth-order valence-electron chi connectivity index (χ4n) is 2.19. The van der Waals surface area contributed by atoms with Gasteiger partial charge in [-0.25, -0.2) is 0 Å². The van der Waals surface area contributed by atoms with Crippen LogP contribution in [-0.2, 0) is 9.59 Å². The predicted octanol–water partition coefficient (Wildman–Crippen LogP) is 4.52. The van der Waals surface area contributed by atoms with Crippen molar-refractivity contribution < 1.29 is 18.8 Å². The van der Waals surface area contributed by atoms with E-state index in [1.54, 1.807) is 30.3 Å². The molecular weight excluding hydrogens is 491 g/mol. The Kier molecular flexibility index (Phi) is 5.73. The Hall–Kier alpha value is -1.78. The summed E-state index contributed by atoms with van der Waals surface area (Å²) in [5.74, 6) is -0.539. The van der Waals surface area contributed by atoms with Gasteiger partial charge in [-0.05, 0) is 71.1 Å². The van der Waals surface area contributed by atoms with Gasteiger partial charge in [0.1, 0.15) is 12.3 Å². The Balaban J connectivity index is 1.68. The van der Waals surface area contributed by atoms with E-state index in [0.717, 1.165) is 22.2 Å². The van der Waals surface area contributed by atoms with Crippen molar-refractivity contribution in [2.45, 2.75) is 6.92 Å². The molecule has 26 heavy (non-hydrogen) atoms. The lowest BCUT2D eigenvalue weighted by Crippen LogP contribution is -2.36. The summed E-state index contributed by atoms with van der Waals surface area (Å²) >= 11 is 8.80. The Morgan fingerprint density at radius 1 is 1.35 bits per heavy atom. The maximum Gasteiger partial charge on any atom is 0.294 e. The number of benzene rings is 1. The largest absolute Gasteiger partial charge is 0.451 e. The van der Waals surface area contributed by atoms with E-state index in [9.17, 15) is 14.4 Å². The molecule has 1 aliphatic rings. The third kappa shape index (κ3) is 4.30. The highest BCUT2D eigenvalue weighted by Gasteiger charge is 2.36. The van der Waals surface area contributed by atoms with Crippen molar-refractivity contribution in [1.82, 2.24) is 4.90 Å². The number of hydrogen-bond donors (Lipinski definition) is 1. The lowest BCUT2D eigenvalue weighted by atomic mass is 10.2. The number of thioether (sulfide) groups is 1. The zero-order valence-electron chi connectivity index (χ0n) is 13.4. The molecule has 9 heteroatoms. The molecule has 0 bridgehead atoms. The van der Waals surface area contributed by atoms with Gasteiger partial charge in [-0.15, -0.1) is 0 Å². The number of aryl methyl sites for hydroxylation is 1. The van der Waals surface area contributed by atoms with Crippen LogP contribution in [0.25, 0.3) is 6.08 Å². The minimum absolute atomic E-state index is 0.215. The molecule has 1 aromatic carbocycles. The maximum absolute atomic E-state index is 12.4. The first kappa shape index (κ1) is 19.0. The molecule has 0 spiro atoms. The number of imide groups is 1. The summed E-state index contributed by atoms with van der Waals surface area (Å²) in [5, 5.41) is 2.65. The molecule has 2 aromatic rings. The minimum Gasteiger partial charge on any atom is -0.451 e. The van der Waals surface area contributed by atoms with Crippen LogP contribution in [0.1, 0.15) is 11.3 Å². The molecule has 0 unspecified atom stereocenters. The predicted molar refractivity (Wildman–Crippen MR) is 109 cm³/mol. The van der Waals surface area contributed by atoms with Gasteiger partial charge in [-0.2, -0.15) is 0 Å². The number of furan rings is 1. The van der Waals surface area contributed by atoms with E-state index in [1.807, 2.05) is 29.5 Å². The quantitative estimate of drug-likeness (QED) is 0.491. The van der Waals surface area contributed by atoms with Gasteiger partial charge in [-0.1, -0.05) is 17.7 Å². The van der Waals surface area contributed by atoms with E-state index in [2.05, 4.69) is 5.32 Å². The van der Waals surface area contributed by atoms with Crippen LogP contribution in [0.3, 0.4) is 0 Å². The molecule has 2 heterocycles. The molecule has 1 aromatic heterocycles. The van der Waals surface area contributed by atoms with Gasteiger partial charge in [0.25, 0.3) is 11.1 Å². The first-order chi connectivity index (χ1) is 12.3. The third-order valence-electron chi connectivity index (χ3n) is 3.50. The number of halogens is 2. The second kappa shape index (κ2) is 7.85. The first-order valence-corrected chi connectivity index (χ1v) is 9.67. The topological polar surface area (TPSA) is 79.6 Å². The van der Waals surface area contributed by atoms with Crippen molar-refractivity contribution in [3.63, 3.8) is 0 Å². The summed E-state index contributed by atoms with van der Waals surface area (Å²) in [4.78, 5) is 37.7. The van der Waals surface area contributed by atoms with Crippen LogP contribution in [0.2, 0.25) is 5.02 Å². The average Bonchev–Trinajstić information content (AvgIpc) is 3.09. The van der Waals surface area contributed by atoms with Gasteiger partial charge in [0, 0.05) is 16.8 Å². The first-order valence-electron chi connectivity index (χ1n) is 7.40. The third-order valence-corrected chi connectivity index (χ3v) is 5.39. The smallest absolute Gasteiger partial charge is 0.294 e. The molecule has 0 radical (unpaired) electrons. The summed E-state index contributed by atoms with van der Waals surface area (Å²) in [6.45, 7) is 1.48. The standard InChI is InChI=1S/C17H12ClIN2O4S/c1-9-2-3-10(6-12(9)18)20-15(22)8-21-16(23)13(26-17(21)24)7-11-4-5-14(19)25-11/h2-7H,8H2,1H3,(H,20,22). The van der Waals surface area contributed by atoms with Crippen molar-refractivity contribution in [3.05, 3.63) is 55.4 Å². The summed E-state index contributed by atoms with van der Waals surface area (Å²) in [6, 6.07) is 8.53. The molecule has 3 amide bonds. The lowest BCUT2D eigenvalue weighted by molar-refractivity contribution is -0.127. The van der Waals surface area contributed by atoms with Gasteiger partial charge in [0.2, 0.25) is 5.91 Å². The Morgan fingerprint density at radius 3 is 2.77 bits per heavy atom. The van der Waals surface area contributed by atoms with Crippen molar-refractivity contribution in [1.29, 1.82) is 0 Å². The molecule has 1 aliphatic heterocycles. The Morgan fingerprint density at radius 2 is 2.12 bits per heavy atom. The highest BCUT2D eigenvalue weighted by atomic mass is 127. The Bertz CT molecular complexity index is 941. The monoisotopic (exact) mass is 502 g/mol. The molecule has 0 atom stereocenters. The summed E-state index contributed by atoms with van der Waals surface area (Å²) in [6.07, 6.45) is 1.49. The lowest BCUT2D eigenvalue weighted by Gasteiger charge is -2.12. The number of hydrogen-bond acceptors (Lipinski definition) is 5. The molecule has 0 aliphatic carbocycles. The SMILES string of the molecule is Cc1ccc(NC(=O)CN2C(=O)SC(=Cc3ccc(I)o3)C2=O)cc1Cl. The van der Waals surface area contributed by atoms with Crippen molar-refractivity contribution in [2.75, 3.05) is 11.9 Å². The summed E-state index contributed by atoms with van der Waals surface area (Å²) < 4.78 is 6.04. The maximum atomic E-state index is 12.4. The van der Waals surface area contributed by atoms with Crippen LogP contribution in [0.5, 0.6) is 0 Å². The van der Waals surface area contributed by atoms with Crippen molar-refractivity contribution >= 4 is 74.8 Å². The van der Waals surface area contributed by atoms with E-state index < -0.39 is 17.1 Å². The number of nitrogens with zero attached hydrogens (tertiary/aromatic N) is 1. The fourth-order valence-corrected chi connectivity index (χ4v) is 3.62. The van der Waals surface area contributed by atoms with E-state index in [4.69, 9.17) is 16.0 Å². The highest BCUT2D eigenvalue weighted by Crippen LogP contribution is 2.32. The van der Waals surface area contributed by atoms with Gasteiger partial charge in [0.15, 0.2) is 3.77 Å². The van der Waals surface area contributed by atoms with Crippen LogP contribution in [0, 0.1) is 10.7 Å². The molecular formula is C17H12ClIN2O4S. The fraction of sp³-hybridized carbons (Fsp3) is 0.118. The van der Waals surface area contributed by atoms with Crippen LogP contribution in [-0.4, -0.2) is 28.5 Å². The number of anilines is 1. The zero-order chi connectivity index (χ0) is 18.8. The Labute approximate surface area is 172 Å². The van der Waals surface area contributed by atoms with E-state index in [0.29, 0.717) is 20.2 Å². The average molecular weight is 503 g/mol. The molecule has 1 fully saturated rings. The summed E-state index contributed by atoms with van der Waals surface area (Å²) in [5.41, 5.74) is 1.38. The number of carbonyl (C=O) groups is 3. The zero-order valence-corrected chi connectivity index (χ0v) is 17.1. The van der Waals surface area contributed by atoms with E-state index >= 15 is 0 Å². The van der Waals surface area contributed by atoms with Gasteiger partial charge in [0.05, 0.1) is 4.91 Å². The van der Waals surface area contributed by atoms with Gasteiger partial charge >= 0.3 is 0 Å². The van der Waals surface area contributed by atoms with Crippen molar-refractivity contribution in [3.8, 4) is 0 Å². The molecule has 6 nitrogen and oxygen atoms in total. The van der Waals surface area contributed by atoms with Crippen LogP contribution >= 0.6 is 46.0 Å². The molecule has 3 rings (SSSR count). The van der Waals surface area contributed by atoms with E-state index in [1.165, 1.54) is 6.08 Å². The highest BCUT2D eigenvalue weighted by molar-refractivity contribution is 14.1. The minimum atomic E-state index is -0.525. The number of carbonyl (C=O) groups excluding carboxylic acids is 3. The normalized spacial score (nSPS) is 15.8. The molecule has 1 N–H and O–H groups in total. The molecule has 134 valence electrons. The molecule has 0 saturated carbocycles.